The van der Waals surface area contributed by atoms with E-state index in [1.54, 1.807) is 26.0 Å². The Morgan fingerprint density at radius 1 is 1.12 bits per heavy atom. The molecule has 1 N–H and O–H groups in total. The average Bonchev–Trinajstić information content (AvgIpc) is 2.84. The number of halogens is 2. The third-order valence-corrected chi connectivity index (χ3v) is 6.35. The standard InChI is InChI=1S/C17H15FINO3S/c1-17(2,21)11-3-6-13(7-4-11)24(22,23)20-10-15(19)14-9-12(18)5-8-16(14)20/h3-10,21H,1-2H3. The van der Waals surface area contributed by atoms with E-state index in [4.69, 9.17) is 0 Å². The number of nitrogens with zero attached hydrogens (tertiary/aromatic N) is 1. The van der Waals surface area contributed by atoms with Crippen LogP contribution in [0.2, 0.25) is 0 Å². The Labute approximate surface area is 153 Å². The molecule has 2 aromatic carbocycles. The molecule has 126 valence electrons. The quantitative estimate of drug-likeness (QED) is 0.606. The number of benzene rings is 2. The number of aromatic nitrogens is 1. The molecule has 1 heterocycles. The van der Waals surface area contributed by atoms with Crippen LogP contribution in [0.3, 0.4) is 0 Å². The summed E-state index contributed by atoms with van der Waals surface area (Å²) in [5, 5.41) is 10.5. The summed E-state index contributed by atoms with van der Waals surface area (Å²) in [5.74, 6) is -0.412. The summed E-state index contributed by atoms with van der Waals surface area (Å²) in [6.07, 6.45) is 1.48. The Morgan fingerprint density at radius 2 is 1.75 bits per heavy atom. The molecule has 0 saturated carbocycles. The van der Waals surface area contributed by atoms with Crippen LogP contribution in [0.25, 0.3) is 10.9 Å². The maximum absolute atomic E-state index is 13.4. The van der Waals surface area contributed by atoms with Gasteiger partial charge in [-0.15, -0.1) is 0 Å². The smallest absolute Gasteiger partial charge is 0.268 e. The molecule has 0 saturated heterocycles. The lowest BCUT2D eigenvalue weighted by Gasteiger charge is -2.18. The fourth-order valence-corrected chi connectivity index (χ4v) is 4.75. The van der Waals surface area contributed by atoms with Crippen molar-refractivity contribution in [3.05, 3.63) is 63.6 Å². The first kappa shape index (κ1) is 17.4. The van der Waals surface area contributed by atoms with Crippen LogP contribution in [0.1, 0.15) is 19.4 Å². The van der Waals surface area contributed by atoms with Crippen LogP contribution in [-0.2, 0) is 15.6 Å². The molecule has 0 aliphatic rings. The molecule has 1 aromatic heterocycles. The molecule has 7 heteroatoms. The largest absolute Gasteiger partial charge is 0.386 e. The highest BCUT2D eigenvalue weighted by Gasteiger charge is 2.22. The van der Waals surface area contributed by atoms with Gasteiger partial charge < -0.3 is 5.11 Å². The first-order valence-corrected chi connectivity index (χ1v) is 9.67. The topological polar surface area (TPSA) is 59.3 Å². The molecule has 0 aliphatic heterocycles. The number of hydrogen-bond donors (Lipinski definition) is 1. The van der Waals surface area contributed by atoms with E-state index in [1.165, 1.54) is 36.5 Å². The highest BCUT2D eigenvalue weighted by molar-refractivity contribution is 14.1. The van der Waals surface area contributed by atoms with Gasteiger partial charge in [-0.1, -0.05) is 12.1 Å². The third kappa shape index (κ3) is 2.96. The molecule has 0 atom stereocenters. The number of aliphatic hydroxyl groups is 1. The second-order valence-corrected chi connectivity index (χ2v) is 9.00. The van der Waals surface area contributed by atoms with Crippen molar-refractivity contribution >= 4 is 43.5 Å². The van der Waals surface area contributed by atoms with Crippen molar-refractivity contribution in [2.75, 3.05) is 0 Å². The Bertz CT molecular complexity index is 1020. The zero-order chi connectivity index (χ0) is 17.7. The predicted molar refractivity (Wildman–Crippen MR) is 98.9 cm³/mol. The molecule has 4 nitrogen and oxygen atoms in total. The molecule has 3 aromatic rings. The zero-order valence-electron chi connectivity index (χ0n) is 13.0. The van der Waals surface area contributed by atoms with Crippen LogP contribution in [0.4, 0.5) is 4.39 Å². The summed E-state index contributed by atoms with van der Waals surface area (Å²) in [4.78, 5) is 0.105. The molecular weight excluding hydrogens is 444 g/mol. The van der Waals surface area contributed by atoms with E-state index in [9.17, 15) is 17.9 Å². The summed E-state index contributed by atoms with van der Waals surface area (Å²) in [7, 11) is -3.81. The lowest BCUT2D eigenvalue weighted by Crippen LogP contribution is -2.16. The van der Waals surface area contributed by atoms with Gasteiger partial charge in [-0.05, 0) is 72.3 Å². The molecular formula is C17H15FINO3S. The highest BCUT2D eigenvalue weighted by Crippen LogP contribution is 2.28. The fraction of sp³-hybridized carbons (Fsp3) is 0.176. The highest BCUT2D eigenvalue weighted by atomic mass is 127. The van der Waals surface area contributed by atoms with E-state index in [2.05, 4.69) is 0 Å². The van der Waals surface area contributed by atoms with Gasteiger partial charge in [0.15, 0.2) is 0 Å². The summed E-state index contributed by atoms with van der Waals surface area (Å²) in [5.41, 5.74) is -0.00200. The molecule has 0 unspecified atom stereocenters. The number of hydrogen-bond acceptors (Lipinski definition) is 3. The first-order chi connectivity index (χ1) is 11.1. The lowest BCUT2D eigenvalue weighted by molar-refractivity contribution is 0.0785. The van der Waals surface area contributed by atoms with Crippen LogP contribution in [0.15, 0.2) is 53.6 Å². The van der Waals surface area contributed by atoms with Crippen molar-refractivity contribution in [3.63, 3.8) is 0 Å². The van der Waals surface area contributed by atoms with E-state index in [0.29, 0.717) is 20.0 Å². The van der Waals surface area contributed by atoms with Crippen LogP contribution in [0, 0.1) is 9.39 Å². The van der Waals surface area contributed by atoms with E-state index in [0.717, 1.165) is 3.97 Å². The molecule has 0 radical (unpaired) electrons. The van der Waals surface area contributed by atoms with Crippen LogP contribution in [0.5, 0.6) is 0 Å². The maximum Gasteiger partial charge on any atom is 0.268 e. The minimum absolute atomic E-state index is 0.105. The van der Waals surface area contributed by atoms with Crippen LogP contribution < -0.4 is 0 Å². The molecule has 0 fully saturated rings. The van der Waals surface area contributed by atoms with Gasteiger partial charge in [0, 0.05) is 15.2 Å². The van der Waals surface area contributed by atoms with Gasteiger partial charge >= 0.3 is 0 Å². The first-order valence-electron chi connectivity index (χ1n) is 7.15. The Morgan fingerprint density at radius 3 is 2.33 bits per heavy atom. The van der Waals surface area contributed by atoms with Crippen molar-refractivity contribution in [2.24, 2.45) is 0 Å². The van der Waals surface area contributed by atoms with Gasteiger partial charge in [0.05, 0.1) is 16.0 Å². The van der Waals surface area contributed by atoms with Gasteiger partial charge in [0.1, 0.15) is 5.82 Å². The SMILES string of the molecule is CC(C)(O)c1ccc(S(=O)(=O)n2cc(I)c3cc(F)ccc32)cc1. The van der Waals surface area contributed by atoms with Gasteiger partial charge in [0.2, 0.25) is 0 Å². The maximum atomic E-state index is 13.4. The van der Waals surface area contributed by atoms with Crippen LogP contribution in [-0.4, -0.2) is 17.5 Å². The molecule has 0 spiro atoms. The van der Waals surface area contributed by atoms with Crippen molar-refractivity contribution in [1.29, 1.82) is 0 Å². The molecule has 0 bridgehead atoms. The van der Waals surface area contributed by atoms with Crippen molar-refractivity contribution in [2.45, 2.75) is 24.3 Å². The Kier molecular flexibility index (Phi) is 4.21. The average molecular weight is 459 g/mol. The summed E-state index contributed by atoms with van der Waals surface area (Å²) in [6, 6.07) is 10.1. The van der Waals surface area contributed by atoms with Crippen molar-refractivity contribution in [1.82, 2.24) is 3.97 Å². The Balaban J connectivity index is 2.15. The number of fused-ring (bicyclic) bond motifs is 1. The minimum atomic E-state index is -3.81. The Hall–Kier alpha value is -1.45. The van der Waals surface area contributed by atoms with Gasteiger partial charge in [-0.2, -0.15) is 0 Å². The normalized spacial score (nSPS) is 12.7. The molecule has 24 heavy (non-hydrogen) atoms. The predicted octanol–water partition coefficient (Wildman–Crippen LogP) is 3.85. The van der Waals surface area contributed by atoms with E-state index in [-0.39, 0.29) is 4.90 Å². The molecule has 0 aliphatic carbocycles. The molecule has 0 amide bonds. The van der Waals surface area contributed by atoms with Crippen LogP contribution >= 0.6 is 22.6 Å². The minimum Gasteiger partial charge on any atom is -0.386 e. The second-order valence-electron chi connectivity index (χ2n) is 6.02. The lowest BCUT2D eigenvalue weighted by atomic mass is 9.99. The van der Waals surface area contributed by atoms with Crippen molar-refractivity contribution < 1.29 is 17.9 Å². The number of rotatable bonds is 3. The summed E-state index contributed by atoms with van der Waals surface area (Å²) in [6.45, 7) is 3.26. The van der Waals surface area contributed by atoms with E-state index in [1.807, 2.05) is 22.6 Å². The van der Waals surface area contributed by atoms with Gasteiger partial charge in [0.25, 0.3) is 10.0 Å². The van der Waals surface area contributed by atoms with Crippen molar-refractivity contribution in [3.8, 4) is 0 Å². The second kappa shape index (κ2) is 5.82. The van der Waals surface area contributed by atoms with Gasteiger partial charge in [-0.25, -0.2) is 16.8 Å². The summed E-state index contributed by atoms with van der Waals surface area (Å²) >= 11 is 1.99. The third-order valence-electron chi connectivity index (χ3n) is 3.80. The zero-order valence-corrected chi connectivity index (χ0v) is 16.0. The molecule has 3 rings (SSSR count). The van der Waals surface area contributed by atoms with E-state index < -0.39 is 21.4 Å². The fourth-order valence-electron chi connectivity index (χ4n) is 2.48. The van der Waals surface area contributed by atoms with E-state index >= 15 is 0 Å². The monoisotopic (exact) mass is 459 g/mol. The van der Waals surface area contributed by atoms with Gasteiger partial charge in [-0.3, -0.25) is 0 Å². The summed E-state index contributed by atoms with van der Waals surface area (Å²) < 4.78 is 41.0.